The molecule has 1 heterocycles. The number of hydrogen-bond acceptors (Lipinski definition) is 2. The second-order valence-electron chi connectivity index (χ2n) is 1.30. The molecule has 0 aliphatic carbocycles. The van der Waals surface area contributed by atoms with Crippen LogP contribution < -0.4 is 5.32 Å². The Bertz CT molecular complexity index is 149. The van der Waals surface area contributed by atoms with Crippen molar-refractivity contribution in [3.8, 4) is 0 Å². The Morgan fingerprint density at radius 2 is 2.38 bits per heavy atom. The molecule has 0 aromatic rings. The molecule has 0 aromatic heterocycles. The van der Waals surface area contributed by atoms with Crippen molar-refractivity contribution in [2.75, 3.05) is 0 Å². The first-order valence-corrected chi connectivity index (χ1v) is 3.16. The van der Waals surface area contributed by atoms with Crippen LogP contribution in [0.1, 0.15) is 0 Å². The zero-order valence-electron chi connectivity index (χ0n) is 4.22. The van der Waals surface area contributed by atoms with E-state index in [-0.39, 0.29) is 0 Å². The van der Waals surface area contributed by atoms with Crippen LogP contribution in [0.5, 0.6) is 0 Å². The van der Waals surface area contributed by atoms with E-state index in [0.29, 0.717) is 5.84 Å². The van der Waals surface area contributed by atoms with E-state index >= 15 is 0 Å². The minimum atomic E-state index is 0.436. The van der Waals surface area contributed by atoms with E-state index in [0.717, 1.165) is 0 Å². The molecule has 2 nitrogen and oxygen atoms in total. The van der Waals surface area contributed by atoms with Crippen LogP contribution in [0, 0.1) is 5.41 Å². The van der Waals surface area contributed by atoms with Crippen LogP contribution in [0.25, 0.3) is 0 Å². The van der Waals surface area contributed by atoms with Crippen LogP contribution in [0.15, 0.2) is 23.1 Å². The van der Waals surface area contributed by atoms with Gasteiger partial charge in [-0.15, -0.1) is 11.8 Å². The van der Waals surface area contributed by atoms with E-state index < -0.39 is 0 Å². The van der Waals surface area contributed by atoms with Crippen molar-refractivity contribution < 1.29 is 0 Å². The smallest absolute Gasteiger partial charge is 0.122 e. The molecule has 1 aliphatic heterocycles. The Balaban J connectivity index is 2.61. The molecule has 0 aromatic carbocycles. The van der Waals surface area contributed by atoms with Gasteiger partial charge in [-0.1, -0.05) is 0 Å². The van der Waals surface area contributed by atoms with Gasteiger partial charge in [-0.25, -0.2) is 0 Å². The largest absolute Gasteiger partial charge is 0.347 e. The molecule has 2 N–H and O–H groups in total. The van der Waals surface area contributed by atoms with Gasteiger partial charge in [-0.05, 0) is 16.9 Å². The monoisotopic (exact) mass is 126 g/mol. The zero-order valence-corrected chi connectivity index (χ0v) is 5.03. The molecular weight excluding hydrogens is 120 g/mol. The summed E-state index contributed by atoms with van der Waals surface area (Å²) in [4.78, 5) is 0. The van der Waals surface area contributed by atoms with Gasteiger partial charge in [0.25, 0.3) is 0 Å². The van der Waals surface area contributed by atoms with Crippen LogP contribution in [0.2, 0.25) is 0 Å². The van der Waals surface area contributed by atoms with E-state index in [1.807, 2.05) is 10.8 Å². The molecule has 0 unspecified atom stereocenters. The van der Waals surface area contributed by atoms with Crippen LogP contribution in [0.3, 0.4) is 0 Å². The summed E-state index contributed by atoms with van der Waals surface area (Å²) in [5, 5.41) is 13.6. The molecule has 0 saturated heterocycles. The summed E-state index contributed by atoms with van der Waals surface area (Å²) in [6.07, 6.45) is 3.46. The lowest BCUT2D eigenvalue weighted by atomic mass is 10.6. The number of thioether (sulfide) groups is 1. The van der Waals surface area contributed by atoms with Crippen LogP contribution >= 0.6 is 11.8 Å². The molecule has 0 fully saturated rings. The zero-order chi connectivity index (χ0) is 5.82. The van der Waals surface area contributed by atoms with Crippen molar-refractivity contribution in [1.29, 1.82) is 5.41 Å². The third-order valence-corrected chi connectivity index (χ3v) is 1.29. The van der Waals surface area contributed by atoms with Gasteiger partial charge in [0, 0.05) is 6.20 Å². The highest BCUT2D eigenvalue weighted by molar-refractivity contribution is 8.04. The fourth-order valence-electron chi connectivity index (χ4n) is 0.364. The quantitative estimate of drug-likeness (QED) is 0.513. The van der Waals surface area contributed by atoms with E-state index in [4.69, 9.17) is 5.41 Å². The van der Waals surface area contributed by atoms with Gasteiger partial charge in [0.05, 0.1) is 0 Å². The summed E-state index contributed by atoms with van der Waals surface area (Å²) < 4.78 is 0. The Morgan fingerprint density at radius 1 is 1.50 bits per heavy atom. The highest BCUT2D eigenvalue weighted by atomic mass is 32.2. The van der Waals surface area contributed by atoms with Crippen molar-refractivity contribution in [2.45, 2.75) is 0 Å². The first-order valence-electron chi connectivity index (χ1n) is 2.22. The number of hydrogen-bond donors (Lipinski definition) is 2. The molecule has 1 aliphatic rings. The minimum absolute atomic E-state index is 0.436. The van der Waals surface area contributed by atoms with Crippen LogP contribution in [-0.2, 0) is 0 Å². The summed E-state index contributed by atoms with van der Waals surface area (Å²) >= 11 is 1.56. The maximum atomic E-state index is 7.07. The molecule has 0 spiro atoms. The van der Waals surface area contributed by atoms with Crippen molar-refractivity contribution in [1.82, 2.24) is 5.32 Å². The standard InChI is InChI=1S/C5H6N2S/c6-5-1-3-8-4-2-7-5/h1-4H,(H2,6,7). The SMILES string of the molecule is N=C1C=CSC=CN1. The maximum Gasteiger partial charge on any atom is 0.122 e. The maximum absolute atomic E-state index is 7.07. The summed E-state index contributed by atoms with van der Waals surface area (Å²) in [6, 6.07) is 0. The normalized spacial score (nSPS) is 17.8. The summed E-state index contributed by atoms with van der Waals surface area (Å²) in [5.41, 5.74) is 0. The van der Waals surface area contributed by atoms with Gasteiger partial charge < -0.3 is 5.32 Å². The fourth-order valence-corrected chi connectivity index (χ4v) is 0.816. The van der Waals surface area contributed by atoms with Crippen molar-refractivity contribution >= 4 is 17.6 Å². The second kappa shape index (κ2) is 2.57. The third kappa shape index (κ3) is 1.42. The molecule has 8 heavy (non-hydrogen) atoms. The minimum Gasteiger partial charge on any atom is -0.347 e. The van der Waals surface area contributed by atoms with Crippen molar-refractivity contribution in [2.24, 2.45) is 0 Å². The topological polar surface area (TPSA) is 35.9 Å². The molecule has 0 atom stereocenters. The van der Waals surface area contributed by atoms with Crippen molar-refractivity contribution in [3.05, 3.63) is 23.1 Å². The summed E-state index contributed by atoms with van der Waals surface area (Å²) in [6.45, 7) is 0. The average molecular weight is 126 g/mol. The lowest BCUT2D eigenvalue weighted by molar-refractivity contribution is 1.25. The van der Waals surface area contributed by atoms with Gasteiger partial charge in [0.2, 0.25) is 0 Å². The number of amidine groups is 1. The van der Waals surface area contributed by atoms with E-state index in [1.165, 1.54) is 0 Å². The third-order valence-electron chi connectivity index (χ3n) is 0.699. The Hall–Kier alpha value is -0.700. The van der Waals surface area contributed by atoms with Crippen LogP contribution in [-0.4, -0.2) is 5.84 Å². The highest BCUT2D eigenvalue weighted by Gasteiger charge is 1.86. The van der Waals surface area contributed by atoms with Crippen molar-refractivity contribution in [3.63, 3.8) is 0 Å². The fraction of sp³-hybridized carbons (Fsp3) is 0. The van der Waals surface area contributed by atoms with E-state index in [1.54, 1.807) is 24.0 Å². The summed E-state index contributed by atoms with van der Waals surface area (Å²) in [7, 11) is 0. The lowest BCUT2D eigenvalue weighted by Gasteiger charge is -1.89. The molecule has 0 bridgehead atoms. The van der Waals surface area contributed by atoms with Gasteiger partial charge in [0.1, 0.15) is 5.84 Å². The molecule has 0 radical (unpaired) electrons. The van der Waals surface area contributed by atoms with E-state index in [2.05, 4.69) is 5.32 Å². The molecule has 42 valence electrons. The lowest BCUT2D eigenvalue weighted by Crippen LogP contribution is -2.10. The molecule has 3 heteroatoms. The van der Waals surface area contributed by atoms with Gasteiger partial charge in [-0.3, -0.25) is 5.41 Å². The molecule has 0 amide bonds. The predicted octanol–water partition coefficient (Wildman–Crippen LogP) is 1.28. The summed E-state index contributed by atoms with van der Waals surface area (Å²) in [5.74, 6) is 0.436. The Morgan fingerprint density at radius 3 is 3.25 bits per heavy atom. The van der Waals surface area contributed by atoms with Crippen LogP contribution in [0.4, 0.5) is 0 Å². The first-order chi connectivity index (χ1) is 3.89. The predicted molar refractivity (Wildman–Crippen MR) is 36.7 cm³/mol. The molecule has 1 rings (SSSR count). The molecule has 0 saturated carbocycles. The van der Waals surface area contributed by atoms with Gasteiger partial charge >= 0.3 is 0 Å². The number of rotatable bonds is 0. The van der Waals surface area contributed by atoms with Gasteiger partial charge in [-0.2, -0.15) is 0 Å². The second-order valence-corrected chi connectivity index (χ2v) is 2.12. The Kier molecular flexibility index (Phi) is 1.75. The molecular formula is C5H6N2S. The van der Waals surface area contributed by atoms with E-state index in [9.17, 15) is 0 Å². The van der Waals surface area contributed by atoms with Gasteiger partial charge in [0.15, 0.2) is 0 Å². The average Bonchev–Trinajstić information content (AvgIpc) is 1.94. The first kappa shape index (κ1) is 5.44. The number of nitrogens with one attached hydrogen (secondary N) is 2. The highest BCUT2D eigenvalue weighted by Crippen LogP contribution is 2.04. The Labute approximate surface area is 52.2 Å².